The Bertz CT molecular complexity index is 794. The van der Waals surface area contributed by atoms with Gasteiger partial charge in [0.25, 0.3) is 5.91 Å². The summed E-state index contributed by atoms with van der Waals surface area (Å²) < 4.78 is 5.15. The number of aliphatic hydroxyl groups is 1. The van der Waals surface area contributed by atoms with Gasteiger partial charge in [-0.2, -0.15) is 5.11 Å². The van der Waals surface area contributed by atoms with Gasteiger partial charge in [-0.3, -0.25) is 4.79 Å². The topological polar surface area (TPSA) is 124 Å². The minimum absolute atomic E-state index is 0.0432. The summed E-state index contributed by atoms with van der Waals surface area (Å²) in [4.78, 5) is 12.3. The SMILES string of the molecule is C[C@H](O)/C(=C/N[C@H]1C[C@@H](NC(=O)c2cc(-c3ccccc3)no2)C1)N=N. The quantitative estimate of drug-likeness (QED) is 0.568. The van der Waals surface area contributed by atoms with Gasteiger partial charge in [-0.25, -0.2) is 5.53 Å². The molecule has 1 aliphatic carbocycles. The molecule has 1 aromatic heterocycles. The lowest BCUT2D eigenvalue weighted by atomic mass is 9.86. The maximum Gasteiger partial charge on any atom is 0.290 e. The Kier molecular flexibility index (Phi) is 5.43. The van der Waals surface area contributed by atoms with Gasteiger partial charge in [0.1, 0.15) is 11.4 Å². The number of benzene rings is 1. The first kappa shape index (κ1) is 17.8. The molecule has 1 aromatic carbocycles. The lowest BCUT2D eigenvalue weighted by Gasteiger charge is -2.35. The highest BCUT2D eigenvalue weighted by Crippen LogP contribution is 2.22. The Labute approximate surface area is 150 Å². The first-order chi connectivity index (χ1) is 12.6. The zero-order valence-electron chi connectivity index (χ0n) is 14.3. The predicted octanol–water partition coefficient (Wildman–Crippen LogP) is 2.45. The first-order valence-corrected chi connectivity index (χ1v) is 8.41. The van der Waals surface area contributed by atoms with Crippen molar-refractivity contribution in [3.05, 3.63) is 54.1 Å². The molecule has 0 radical (unpaired) electrons. The van der Waals surface area contributed by atoms with Crippen molar-refractivity contribution in [2.24, 2.45) is 5.11 Å². The Hall–Kier alpha value is -3.00. The summed E-state index contributed by atoms with van der Waals surface area (Å²) in [5.74, 6) is -0.103. The molecule has 1 saturated carbocycles. The van der Waals surface area contributed by atoms with E-state index in [9.17, 15) is 9.90 Å². The normalized spacial score (nSPS) is 20.8. The minimum Gasteiger partial charge on any atom is -0.387 e. The fraction of sp³-hybridized carbons (Fsp3) is 0.333. The van der Waals surface area contributed by atoms with E-state index in [2.05, 4.69) is 20.9 Å². The van der Waals surface area contributed by atoms with E-state index in [-0.39, 0.29) is 29.4 Å². The van der Waals surface area contributed by atoms with Crippen molar-refractivity contribution < 1.29 is 14.4 Å². The van der Waals surface area contributed by atoms with Crippen molar-refractivity contribution in [1.29, 1.82) is 5.53 Å². The molecule has 8 heteroatoms. The Morgan fingerprint density at radius 2 is 2.12 bits per heavy atom. The Balaban J connectivity index is 1.49. The van der Waals surface area contributed by atoms with Crippen molar-refractivity contribution in [1.82, 2.24) is 15.8 Å². The number of aliphatic hydroxyl groups excluding tert-OH is 1. The van der Waals surface area contributed by atoms with Crippen LogP contribution < -0.4 is 10.6 Å². The van der Waals surface area contributed by atoms with Crippen molar-refractivity contribution in [2.75, 3.05) is 0 Å². The van der Waals surface area contributed by atoms with E-state index in [0.29, 0.717) is 5.69 Å². The van der Waals surface area contributed by atoms with Crippen molar-refractivity contribution >= 4 is 5.91 Å². The van der Waals surface area contributed by atoms with Gasteiger partial charge in [0.15, 0.2) is 0 Å². The van der Waals surface area contributed by atoms with E-state index in [1.54, 1.807) is 19.2 Å². The number of rotatable bonds is 7. The third-order valence-electron chi connectivity index (χ3n) is 4.30. The molecule has 2 aromatic rings. The summed E-state index contributed by atoms with van der Waals surface area (Å²) in [7, 11) is 0. The summed E-state index contributed by atoms with van der Waals surface area (Å²) in [6.45, 7) is 1.55. The molecule has 0 spiro atoms. The minimum atomic E-state index is -0.791. The van der Waals surface area contributed by atoms with Crippen molar-refractivity contribution in [3.63, 3.8) is 0 Å². The standard InChI is InChI=1S/C18H21N5O3/c1-11(24)16(22-19)10-20-13-7-14(8-13)21-18(25)17-9-15(23-26-17)12-5-3-2-4-6-12/h2-6,9-11,13-14,19-20,24H,7-8H2,1H3,(H,21,25)/b16-10-,22-19?/t11-,13-,14+/m0/s1. The molecule has 0 unspecified atom stereocenters. The lowest BCUT2D eigenvalue weighted by molar-refractivity contribution is 0.0868. The molecule has 26 heavy (non-hydrogen) atoms. The average molecular weight is 355 g/mol. The number of carbonyl (C=O) groups excluding carboxylic acids is 1. The first-order valence-electron chi connectivity index (χ1n) is 8.41. The summed E-state index contributed by atoms with van der Waals surface area (Å²) >= 11 is 0. The number of nitrogens with zero attached hydrogens (tertiary/aromatic N) is 2. The monoisotopic (exact) mass is 355 g/mol. The van der Waals surface area contributed by atoms with E-state index in [0.717, 1.165) is 18.4 Å². The second-order valence-corrected chi connectivity index (χ2v) is 6.30. The molecule has 8 nitrogen and oxygen atoms in total. The summed E-state index contributed by atoms with van der Waals surface area (Å²) in [5, 5.41) is 22.6. The molecule has 1 heterocycles. The van der Waals surface area contributed by atoms with Gasteiger partial charge in [0, 0.05) is 29.9 Å². The van der Waals surface area contributed by atoms with E-state index in [1.165, 1.54) is 0 Å². The fourth-order valence-corrected chi connectivity index (χ4v) is 2.71. The number of aromatic nitrogens is 1. The maximum atomic E-state index is 12.3. The second kappa shape index (κ2) is 7.92. The van der Waals surface area contributed by atoms with E-state index in [1.807, 2.05) is 30.3 Å². The molecule has 0 aliphatic heterocycles. The summed E-state index contributed by atoms with van der Waals surface area (Å²) in [6.07, 6.45) is 2.24. The maximum absolute atomic E-state index is 12.3. The predicted molar refractivity (Wildman–Crippen MR) is 94.3 cm³/mol. The highest BCUT2D eigenvalue weighted by molar-refractivity contribution is 5.92. The Morgan fingerprint density at radius 3 is 2.77 bits per heavy atom. The number of carbonyl (C=O) groups is 1. The summed E-state index contributed by atoms with van der Waals surface area (Å²) in [6, 6.07) is 11.4. The molecule has 136 valence electrons. The Morgan fingerprint density at radius 1 is 1.38 bits per heavy atom. The highest BCUT2D eigenvalue weighted by Gasteiger charge is 2.30. The molecular formula is C18H21N5O3. The molecule has 0 bridgehead atoms. The van der Waals surface area contributed by atoms with Crippen LogP contribution in [0, 0.1) is 5.53 Å². The number of hydrogen-bond acceptors (Lipinski definition) is 7. The lowest BCUT2D eigenvalue weighted by Crippen LogP contribution is -2.51. The van der Waals surface area contributed by atoms with Crippen LogP contribution in [0.4, 0.5) is 0 Å². The average Bonchev–Trinajstić information content (AvgIpc) is 3.10. The molecule has 4 N–H and O–H groups in total. The van der Waals surface area contributed by atoms with Crippen LogP contribution in [0.2, 0.25) is 0 Å². The van der Waals surface area contributed by atoms with E-state index in [4.69, 9.17) is 10.1 Å². The van der Waals surface area contributed by atoms with Crippen LogP contribution in [0.3, 0.4) is 0 Å². The largest absolute Gasteiger partial charge is 0.387 e. The van der Waals surface area contributed by atoms with Gasteiger partial charge in [-0.15, -0.1) is 0 Å². The molecular weight excluding hydrogens is 334 g/mol. The van der Waals surface area contributed by atoms with Gasteiger partial charge in [-0.1, -0.05) is 35.5 Å². The number of amides is 1. The van der Waals surface area contributed by atoms with Crippen molar-refractivity contribution in [2.45, 2.75) is 38.0 Å². The summed E-state index contributed by atoms with van der Waals surface area (Å²) in [5.41, 5.74) is 8.77. The number of hydrogen-bond donors (Lipinski definition) is 4. The van der Waals surface area contributed by atoms with Crippen LogP contribution in [0.1, 0.15) is 30.3 Å². The van der Waals surface area contributed by atoms with Crippen LogP contribution in [-0.4, -0.2) is 34.4 Å². The molecule has 1 fully saturated rings. The molecule has 1 aliphatic rings. The van der Waals surface area contributed by atoms with Crippen LogP contribution in [0.25, 0.3) is 11.3 Å². The fourth-order valence-electron chi connectivity index (χ4n) is 2.71. The van der Waals surface area contributed by atoms with E-state index < -0.39 is 6.10 Å². The number of nitrogens with one attached hydrogen (secondary N) is 3. The highest BCUT2D eigenvalue weighted by atomic mass is 16.5. The van der Waals surface area contributed by atoms with Crippen molar-refractivity contribution in [3.8, 4) is 11.3 Å². The zero-order chi connectivity index (χ0) is 18.5. The van der Waals surface area contributed by atoms with Gasteiger partial charge >= 0.3 is 0 Å². The third kappa shape index (κ3) is 4.15. The molecule has 0 saturated heterocycles. The van der Waals surface area contributed by atoms with Crippen LogP contribution in [0.15, 0.2) is 57.9 Å². The van der Waals surface area contributed by atoms with Gasteiger partial charge < -0.3 is 20.3 Å². The second-order valence-electron chi connectivity index (χ2n) is 6.30. The van der Waals surface area contributed by atoms with Gasteiger partial charge in [0.05, 0.1) is 6.10 Å². The van der Waals surface area contributed by atoms with Gasteiger partial charge in [-0.05, 0) is 19.8 Å². The molecule has 1 atom stereocenters. The van der Waals surface area contributed by atoms with Gasteiger partial charge in [0.2, 0.25) is 5.76 Å². The van der Waals surface area contributed by atoms with E-state index >= 15 is 0 Å². The van der Waals surface area contributed by atoms with Crippen LogP contribution in [-0.2, 0) is 0 Å². The smallest absolute Gasteiger partial charge is 0.290 e. The van der Waals surface area contributed by atoms with Crippen LogP contribution >= 0.6 is 0 Å². The zero-order valence-corrected chi connectivity index (χ0v) is 14.3. The van der Waals surface area contributed by atoms with Crippen LogP contribution in [0.5, 0.6) is 0 Å². The molecule has 1 amide bonds. The molecule has 3 rings (SSSR count). The third-order valence-corrected chi connectivity index (χ3v) is 4.30.